The summed E-state index contributed by atoms with van der Waals surface area (Å²) in [5, 5.41) is 20.9. The maximum Gasteiger partial charge on any atom is 0.335 e. The molecule has 3 N–H and O–H groups in total. The first-order chi connectivity index (χ1) is 18.1. The number of anilines is 1. The zero-order chi connectivity index (χ0) is 28.7. The van der Waals surface area contributed by atoms with Crippen molar-refractivity contribution in [1.29, 1.82) is 0 Å². The molecule has 3 amide bonds. The van der Waals surface area contributed by atoms with Crippen molar-refractivity contribution in [3.63, 3.8) is 0 Å². The summed E-state index contributed by atoms with van der Waals surface area (Å²) in [5.74, 6) is -3.54. The van der Waals surface area contributed by atoms with Gasteiger partial charge in [0.05, 0.1) is 18.5 Å². The van der Waals surface area contributed by atoms with Crippen LogP contribution in [0, 0.1) is 5.92 Å². The predicted octanol–water partition coefficient (Wildman–Crippen LogP) is 3.84. The standard InChI is InChI=1S/C26H31N3O7.C2H6/c1-18(2)12-14-28(16-22(30)27-21-6-4-3-5-7-21)23(31)17-29(15-13-24(32)33)25(34)19-8-10-20(11-9-19)26(35)36;1-2/h3-11,18H,12-17H2,1-2H3,(H,27,30)(H,32,33)(H,35,36);1-2H3. The number of carboxylic acids is 2. The molecule has 0 radical (unpaired) electrons. The topological polar surface area (TPSA) is 144 Å². The van der Waals surface area contributed by atoms with E-state index in [1.54, 1.807) is 24.3 Å². The number of carboxylic acid groups (broad SMARTS) is 2. The molecule has 206 valence electrons. The highest BCUT2D eigenvalue weighted by molar-refractivity contribution is 5.99. The first kappa shape index (κ1) is 31.8. The number of benzene rings is 2. The smallest absolute Gasteiger partial charge is 0.335 e. The van der Waals surface area contributed by atoms with E-state index >= 15 is 0 Å². The minimum atomic E-state index is -1.15. The third kappa shape index (κ3) is 11.2. The van der Waals surface area contributed by atoms with Gasteiger partial charge in [0.25, 0.3) is 5.91 Å². The molecular formula is C28H37N3O7. The van der Waals surface area contributed by atoms with Crippen LogP contribution in [0.1, 0.15) is 61.3 Å². The van der Waals surface area contributed by atoms with Gasteiger partial charge in [-0.25, -0.2) is 4.79 Å². The third-order valence-corrected chi connectivity index (χ3v) is 5.31. The van der Waals surface area contributed by atoms with E-state index in [0.717, 1.165) is 4.90 Å². The zero-order valence-corrected chi connectivity index (χ0v) is 22.3. The highest BCUT2D eigenvalue weighted by Gasteiger charge is 2.24. The monoisotopic (exact) mass is 527 g/mol. The van der Waals surface area contributed by atoms with E-state index in [0.29, 0.717) is 12.1 Å². The molecule has 0 saturated heterocycles. The van der Waals surface area contributed by atoms with Crippen molar-refractivity contribution in [3.8, 4) is 0 Å². The van der Waals surface area contributed by atoms with E-state index in [-0.39, 0.29) is 43.1 Å². The quantitative estimate of drug-likeness (QED) is 0.359. The summed E-state index contributed by atoms with van der Waals surface area (Å²) in [6, 6.07) is 13.9. The van der Waals surface area contributed by atoms with Gasteiger partial charge in [-0.05, 0) is 48.7 Å². The second kappa shape index (κ2) is 16.5. The second-order valence-electron chi connectivity index (χ2n) is 8.66. The van der Waals surface area contributed by atoms with Crippen molar-refractivity contribution in [1.82, 2.24) is 9.80 Å². The van der Waals surface area contributed by atoms with Gasteiger partial charge in [0.15, 0.2) is 0 Å². The number of rotatable bonds is 13. The van der Waals surface area contributed by atoms with Crippen LogP contribution >= 0.6 is 0 Å². The SMILES string of the molecule is CC.CC(C)CCN(CC(=O)Nc1ccccc1)C(=O)CN(CCC(=O)O)C(=O)c1ccc(C(=O)O)cc1. The molecule has 0 aromatic heterocycles. The van der Waals surface area contributed by atoms with Crippen LogP contribution in [0.25, 0.3) is 0 Å². The normalized spacial score (nSPS) is 10.1. The van der Waals surface area contributed by atoms with Crippen molar-refractivity contribution in [2.45, 2.75) is 40.5 Å². The van der Waals surface area contributed by atoms with Crippen LogP contribution in [0.15, 0.2) is 54.6 Å². The molecule has 10 nitrogen and oxygen atoms in total. The Morgan fingerprint density at radius 3 is 1.89 bits per heavy atom. The fraction of sp³-hybridized carbons (Fsp3) is 0.393. The Labute approximate surface area is 223 Å². The maximum absolute atomic E-state index is 13.2. The summed E-state index contributed by atoms with van der Waals surface area (Å²) in [6.07, 6.45) is 0.247. The Hall–Kier alpha value is -4.21. The van der Waals surface area contributed by atoms with Crippen molar-refractivity contribution >= 4 is 35.3 Å². The lowest BCUT2D eigenvalue weighted by atomic mass is 10.1. The number of hydrogen-bond acceptors (Lipinski definition) is 5. The van der Waals surface area contributed by atoms with Crippen LogP contribution in [-0.4, -0.2) is 75.9 Å². The lowest BCUT2D eigenvalue weighted by Gasteiger charge is -2.28. The molecule has 0 aliphatic heterocycles. The predicted molar refractivity (Wildman–Crippen MR) is 144 cm³/mol. The molecule has 2 aromatic rings. The number of nitrogens with one attached hydrogen (secondary N) is 1. The average molecular weight is 528 g/mol. The molecule has 0 aliphatic carbocycles. The number of carbonyl (C=O) groups excluding carboxylic acids is 3. The van der Waals surface area contributed by atoms with E-state index in [4.69, 9.17) is 10.2 Å². The molecule has 0 fully saturated rings. The zero-order valence-electron chi connectivity index (χ0n) is 22.3. The van der Waals surface area contributed by atoms with E-state index in [2.05, 4.69) is 5.32 Å². The summed E-state index contributed by atoms with van der Waals surface area (Å²) in [6.45, 7) is 7.37. The molecule has 10 heteroatoms. The Bertz CT molecular complexity index is 1070. The minimum Gasteiger partial charge on any atom is -0.481 e. The van der Waals surface area contributed by atoms with Crippen LogP contribution in [0.3, 0.4) is 0 Å². The van der Waals surface area contributed by atoms with Crippen LogP contribution in [0.5, 0.6) is 0 Å². The molecule has 0 atom stereocenters. The maximum atomic E-state index is 13.2. The molecular weight excluding hydrogens is 490 g/mol. The Morgan fingerprint density at radius 2 is 1.37 bits per heavy atom. The van der Waals surface area contributed by atoms with Crippen molar-refractivity contribution in [2.75, 3.05) is 31.5 Å². The van der Waals surface area contributed by atoms with Crippen LogP contribution < -0.4 is 5.32 Å². The summed E-state index contributed by atoms with van der Waals surface area (Å²) in [4.78, 5) is 63.6. The fourth-order valence-electron chi connectivity index (χ4n) is 3.29. The van der Waals surface area contributed by atoms with Gasteiger partial charge in [0.2, 0.25) is 11.8 Å². The van der Waals surface area contributed by atoms with Gasteiger partial charge in [-0.2, -0.15) is 0 Å². The Kier molecular flexibility index (Phi) is 13.8. The first-order valence-corrected chi connectivity index (χ1v) is 12.5. The summed E-state index contributed by atoms with van der Waals surface area (Å²) in [5.41, 5.74) is 0.694. The van der Waals surface area contributed by atoms with Gasteiger partial charge in [0, 0.05) is 24.3 Å². The van der Waals surface area contributed by atoms with E-state index < -0.39 is 36.2 Å². The third-order valence-electron chi connectivity index (χ3n) is 5.31. The molecule has 38 heavy (non-hydrogen) atoms. The van der Waals surface area contributed by atoms with Crippen molar-refractivity contribution in [2.24, 2.45) is 5.92 Å². The average Bonchev–Trinajstić information content (AvgIpc) is 2.90. The van der Waals surface area contributed by atoms with Crippen molar-refractivity contribution in [3.05, 3.63) is 65.7 Å². The number of aromatic carboxylic acids is 1. The number of aliphatic carboxylic acids is 1. The van der Waals surface area contributed by atoms with Gasteiger partial charge < -0.3 is 25.3 Å². The van der Waals surface area contributed by atoms with Crippen molar-refractivity contribution < 1.29 is 34.2 Å². The first-order valence-electron chi connectivity index (χ1n) is 12.5. The number of nitrogens with zero attached hydrogens (tertiary/aromatic N) is 2. The van der Waals surface area contributed by atoms with Crippen LogP contribution in [0.2, 0.25) is 0 Å². The summed E-state index contributed by atoms with van der Waals surface area (Å²) >= 11 is 0. The highest BCUT2D eigenvalue weighted by Crippen LogP contribution is 2.11. The van der Waals surface area contributed by atoms with E-state index in [9.17, 15) is 24.0 Å². The van der Waals surface area contributed by atoms with E-state index in [1.165, 1.54) is 29.2 Å². The molecule has 2 rings (SSSR count). The Morgan fingerprint density at radius 1 is 0.789 bits per heavy atom. The van der Waals surface area contributed by atoms with Gasteiger partial charge in [-0.3, -0.25) is 19.2 Å². The van der Waals surface area contributed by atoms with E-state index in [1.807, 2.05) is 33.8 Å². The summed E-state index contributed by atoms with van der Waals surface area (Å²) in [7, 11) is 0. The number of carbonyl (C=O) groups is 5. The fourth-order valence-corrected chi connectivity index (χ4v) is 3.29. The summed E-state index contributed by atoms with van der Waals surface area (Å²) < 4.78 is 0. The van der Waals surface area contributed by atoms with Crippen LogP contribution in [0.4, 0.5) is 5.69 Å². The van der Waals surface area contributed by atoms with Crippen LogP contribution in [-0.2, 0) is 14.4 Å². The van der Waals surface area contributed by atoms with Gasteiger partial charge >= 0.3 is 11.9 Å². The largest absolute Gasteiger partial charge is 0.481 e. The molecule has 0 bridgehead atoms. The number of amides is 3. The molecule has 0 spiro atoms. The van der Waals surface area contributed by atoms with Gasteiger partial charge in [0.1, 0.15) is 6.54 Å². The minimum absolute atomic E-state index is 0.0102. The molecule has 0 unspecified atom stereocenters. The lowest BCUT2D eigenvalue weighted by molar-refractivity contribution is -0.138. The highest BCUT2D eigenvalue weighted by atomic mass is 16.4. The lowest BCUT2D eigenvalue weighted by Crippen LogP contribution is -2.46. The molecule has 0 aliphatic rings. The second-order valence-corrected chi connectivity index (χ2v) is 8.66. The molecule has 2 aromatic carbocycles. The molecule has 0 saturated carbocycles. The number of para-hydroxylation sites is 1. The Balaban J connectivity index is 0.00000352. The van der Waals surface area contributed by atoms with Gasteiger partial charge in [-0.15, -0.1) is 0 Å². The molecule has 0 heterocycles. The number of hydrogen-bond donors (Lipinski definition) is 3. The van der Waals surface area contributed by atoms with Gasteiger partial charge in [-0.1, -0.05) is 45.9 Å².